The van der Waals surface area contributed by atoms with Crippen LogP contribution in [-0.2, 0) is 4.74 Å². The highest BCUT2D eigenvalue weighted by atomic mass is 35.5. The van der Waals surface area contributed by atoms with Crippen LogP contribution in [-0.4, -0.2) is 42.6 Å². The van der Waals surface area contributed by atoms with Crippen molar-refractivity contribution >= 4 is 24.1 Å². The van der Waals surface area contributed by atoms with Crippen LogP contribution in [0.15, 0.2) is 18.2 Å². The molecule has 1 unspecified atom stereocenters. The second-order valence-corrected chi connectivity index (χ2v) is 4.31. The van der Waals surface area contributed by atoms with Gasteiger partial charge in [0.25, 0.3) is 5.91 Å². The van der Waals surface area contributed by atoms with E-state index in [1.165, 1.54) is 0 Å². The van der Waals surface area contributed by atoms with Crippen LogP contribution in [0.1, 0.15) is 16.9 Å². The minimum atomic E-state index is -0.0455. The number of likely N-dealkylation sites (tertiary alicyclic amines) is 1. The Morgan fingerprint density at radius 2 is 2.39 bits per heavy atom. The largest absolute Gasteiger partial charge is 0.384 e. The zero-order valence-electron chi connectivity index (χ0n) is 10.3. The first-order chi connectivity index (χ1) is 8.20. The summed E-state index contributed by atoms with van der Waals surface area (Å²) in [7, 11) is 1.68. The van der Waals surface area contributed by atoms with E-state index in [4.69, 9.17) is 10.5 Å². The number of rotatable bonds is 3. The van der Waals surface area contributed by atoms with Gasteiger partial charge in [0.15, 0.2) is 0 Å². The van der Waals surface area contributed by atoms with Crippen molar-refractivity contribution in [3.05, 3.63) is 23.9 Å². The van der Waals surface area contributed by atoms with Gasteiger partial charge in [-0.15, -0.1) is 12.4 Å². The zero-order chi connectivity index (χ0) is 12.3. The summed E-state index contributed by atoms with van der Waals surface area (Å²) < 4.78 is 5.11. The van der Waals surface area contributed by atoms with Crippen molar-refractivity contribution in [3.63, 3.8) is 0 Å². The monoisotopic (exact) mass is 271 g/mol. The van der Waals surface area contributed by atoms with E-state index < -0.39 is 0 Å². The molecule has 0 aromatic carbocycles. The van der Waals surface area contributed by atoms with Gasteiger partial charge in [0.2, 0.25) is 0 Å². The Morgan fingerprint density at radius 3 is 3.06 bits per heavy atom. The number of nitrogens with two attached hydrogens (primary N) is 1. The van der Waals surface area contributed by atoms with Crippen molar-refractivity contribution in [2.75, 3.05) is 32.5 Å². The van der Waals surface area contributed by atoms with Crippen LogP contribution in [0.5, 0.6) is 0 Å². The fraction of sp³-hybridized carbons (Fsp3) is 0.500. The lowest BCUT2D eigenvalue weighted by molar-refractivity contribution is 0.0770. The van der Waals surface area contributed by atoms with E-state index in [-0.39, 0.29) is 18.3 Å². The third-order valence-electron chi connectivity index (χ3n) is 2.97. The normalized spacial score (nSPS) is 18.5. The summed E-state index contributed by atoms with van der Waals surface area (Å²) in [4.78, 5) is 18.0. The Kier molecular flexibility index (Phi) is 5.37. The predicted octanol–water partition coefficient (Wildman–Crippen LogP) is 1.19. The molecule has 1 aromatic rings. The molecule has 0 radical (unpaired) electrons. The lowest BCUT2D eigenvalue weighted by Gasteiger charge is -2.15. The number of aromatic nitrogens is 1. The van der Waals surface area contributed by atoms with Gasteiger partial charge < -0.3 is 15.4 Å². The average Bonchev–Trinajstić information content (AvgIpc) is 2.77. The molecule has 0 spiro atoms. The van der Waals surface area contributed by atoms with Crippen LogP contribution in [0.4, 0.5) is 5.82 Å². The summed E-state index contributed by atoms with van der Waals surface area (Å²) in [6, 6.07) is 5.12. The van der Waals surface area contributed by atoms with E-state index in [1.807, 2.05) is 4.90 Å². The fourth-order valence-electron chi connectivity index (χ4n) is 2.12. The molecule has 1 atom stereocenters. The number of ether oxygens (including phenoxy) is 1. The van der Waals surface area contributed by atoms with Crippen molar-refractivity contribution in [1.82, 2.24) is 9.88 Å². The number of carbonyl (C=O) groups excluding carboxylic acids is 1. The zero-order valence-corrected chi connectivity index (χ0v) is 11.2. The highest BCUT2D eigenvalue weighted by Gasteiger charge is 2.27. The molecule has 0 bridgehead atoms. The van der Waals surface area contributed by atoms with Gasteiger partial charge in [0.1, 0.15) is 11.5 Å². The van der Waals surface area contributed by atoms with Gasteiger partial charge in [-0.2, -0.15) is 0 Å². The maximum Gasteiger partial charge on any atom is 0.272 e. The molecule has 2 heterocycles. The van der Waals surface area contributed by atoms with Gasteiger partial charge in [0.05, 0.1) is 6.61 Å². The first-order valence-electron chi connectivity index (χ1n) is 5.71. The minimum absolute atomic E-state index is 0. The van der Waals surface area contributed by atoms with Crippen molar-refractivity contribution in [2.45, 2.75) is 6.42 Å². The third kappa shape index (κ3) is 3.34. The predicted molar refractivity (Wildman–Crippen MR) is 71.8 cm³/mol. The Hall–Kier alpha value is -1.33. The Labute approximate surface area is 113 Å². The maximum absolute atomic E-state index is 12.1. The topological polar surface area (TPSA) is 68.5 Å². The number of anilines is 1. The number of hydrogen-bond acceptors (Lipinski definition) is 4. The first-order valence-corrected chi connectivity index (χ1v) is 5.71. The summed E-state index contributed by atoms with van der Waals surface area (Å²) >= 11 is 0. The van der Waals surface area contributed by atoms with Gasteiger partial charge in [-0.3, -0.25) is 4.79 Å². The summed E-state index contributed by atoms with van der Waals surface area (Å²) in [6.45, 7) is 2.21. The maximum atomic E-state index is 12.1. The number of nitrogens with zero attached hydrogens (tertiary/aromatic N) is 2. The van der Waals surface area contributed by atoms with Gasteiger partial charge in [-0.25, -0.2) is 4.98 Å². The second kappa shape index (κ2) is 6.56. The SMILES string of the molecule is COCC1CCN(C(=O)c2cccc(N)n2)C1.Cl. The lowest BCUT2D eigenvalue weighted by Crippen LogP contribution is -2.30. The van der Waals surface area contributed by atoms with Crippen LogP contribution >= 0.6 is 12.4 Å². The van der Waals surface area contributed by atoms with Crippen LogP contribution in [0, 0.1) is 5.92 Å². The van der Waals surface area contributed by atoms with Crippen LogP contribution in [0.2, 0.25) is 0 Å². The Bertz CT molecular complexity index is 414. The molecule has 2 rings (SSSR count). The molecule has 5 nitrogen and oxygen atoms in total. The number of hydrogen-bond donors (Lipinski definition) is 1. The molecule has 6 heteroatoms. The lowest BCUT2D eigenvalue weighted by atomic mass is 10.1. The van der Waals surface area contributed by atoms with Gasteiger partial charge in [0, 0.05) is 26.1 Å². The van der Waals surface area contributed by atoms with E-state index >= 15 is 0 Å². The number of carbonyl (C=O) groups is 1. The number of methoxy groups -OCH3 is 1. The Balaban J connectivity index is 0.00000162. The minimum Gasteiger partial charge on any atom is -0.384 e. The molecule has 1 aliphatic heterocycles. The molecule has 1 aromatic heterocycles. The van der Waals surface area contributed by atoms with Gasteiger partial charge in [-0.1, -0.05) is 6.07 Å². The highest BCUT2D eigenvalue weighted by molar-refractivity contribution is 5.92. The average molecular weight is 272 g/mol. The number of amides is 1. The van der Waals surface area contributed by atoms with Gasteiger partial charge in [-0.05, 0) is 18.6 Å². The molecule has 18 heavy (non-hydrogen) atoms. The second-order valence-electron chi connectivity index (χ2n) is 4.31. The smallest absolute Gasteiger partial charge is 0.272 e. The molecule has 1 aliphatic rings. The van der Waals surface area contributed by atoms with E-state index in [0.717, 1.165) is 19.5 Å². The van der Waals surface area contributed by atoms with Crippen molar-refractivity contribution in [3.8, 4) is 0 Å². The molecule has 0 aliphatic carbocycles. The van der Waals surface area contributed by atoms with Crippen LogP contribution < -0.4 is 5.73 Å². The summed E-state index contributed by atoms with van der Waals surface area (Å²) in [6.07, 6.45) is 0.988. The first kappa shape index (κ1) is 14.7. The Morgan fingerprint density at radius 1 is 1.61 bits per heavy atom. The third-order valence-corrected chi connectivity index (χ3v) is 2.97. The van der Waals surface area contributed by atoms with Crippen molar-refractivity contribution in [1.29, 1.82) is 0 Å². The molecule has 1 amide bonds. The summed E-state index contributed by atoms with van der Waals surface area (Å²) in [5, 5.41) is 0. The molecular weight excluding hydrogens is 254 g/mol. The quantitative estimate of drug-likeness (QED) is 0.897. The van der Waals surface area contributed by atoms with E-state index in [0.29, 0.717) is 24.0 Å². The van der Waals surface area contributed by atoms with Crippen LogP contribution in [0.25, 0.3) is 0 Å². The van der Waals surface area contributed by atoms with E-state index in [1.54, 1.807) is 25.3 Å². The van der Waals surface area contributed by atoms with Crippen LogP contribution in [0.3, 0.4) is 0 Å². The highest BCUT2D eigenvalue weighted by Crippen LogP contribution is 2.18. The molecule has 1 fully saturated rings. The molecule has 100 valence electrons. The summed E-state index contributed by atoms with van der Waals surface area (Å²) in [5.74, 6) is 0.768. The molecule has 0 saturated carbocycles. The molecular formula is C12H18ClN3O2. The van der Waals surface area contributed by atoms with E-state index in [9.17, 15) is 4.79 Å². The number of pyridine rings is 1. The van der Waals surface area contributed by atoms with Crippen molar-refractivity contribution in [2.24, 2.45) is 5.92 Å². The molecule has 2 N–H and O–H groups in total. The molecule has 1 saturated heterocycles. The summed E-state index contributed by atoms with van der Waals surface area (Å²) in [5.41, 5.74) is 5.99. The number of halogens is 1. The fourth-order valence-corrected chi connectivity index (χ4v) is 2.12. The van der Waals surface area contributed by atoms with Gasteiger partial charge >= 0.3 is 0 Å². The number of nitrogen functional groups attached to an aromatic ring is 1. The standard InChI is InChI=1S/C12H17N3O2.ClH/c1-17-8-9-5-6-15(7-9)12(16)10-3-2-4-11(13)14-10;/h2-4,9H,5-8H2,1H3,(H2,13,14);1H. The van der Waals surface area contributed by atoms with E-state index in [2.05, 4.69) is 4.98 Å². The van der Waals surface area contributed by atoms with Crippen molar-refractivity contribution < 1.29 is 9.53 Å².